The second-order valence-corrected chi connectivity index (χ2v) is 7.79. The molecule has 3 nitrogen and oxygen atoms in total. The van der Waals surface area contributed by atoms with E-state index in [0.29, 0.717) is 23.4 Å². The van der Waals surface area contributed by atoms with Crippen LogP contribution in [0.15, 0.2) is 48.5 Å². The predicted octanol–water partition coefficient (Wildman–Crippen LogP) is 3.88. The fraction of sp³-hybridized carbons (Fsp3) is 0.350. The summed E-state index contributed by atoms with van der Waals surface area (Å²) in [6.45, 7) is 3.60. The first-order chi connectivity index (χ1) is 12.1. The topological polar surface area (TPSA) is 23.6 Å². The Morgan fingerprint density at radius 2 is 1.76 bits per heavy atom. The summed E-state index contributed by atoms with van der Waals surface area (Å²) in [5, 5.41) is 1.52. The van der Waals surface area contributed by atoms with Gasteiger partial charge in [-0.3, -0.25) is 9.69 Å². The Morgan fingerprint density at radius 1 is 1.00 bits per heavy atom. The molecule has 2 heterocycles. The molecule has 2 aliphatic heterocycles. The maximum Gasteiger partial charge on any atom is 0.227 e. The molecule has 0 saturated carbocycles. The average Bonchev–Trinajstić information content (AvgIpc) is 2.93. The number of hydrogen-bond donors (Lipinski definition) is 0. The first-order valence-corrected chi connectivity index (χ1v) is 9.35. The Morgan fingerprint density at radius 3 is 2.52 bits per heavy atom. The molecule has 5 heteroatoms. The molecular formula is C20H20Cl2N2O. The molecule has 0 aromatic heterocycles. The third-order valence-electron chi connectivity index (χ3n) is 5.30. The van der Waals surface area contributed by atoms with Crippen LogP contribution >= 0.6 is 23.2 Å². The van der Waals surface area contributed by atoms with E-state index in [9.17, 15) is 4.79 Å². The van der Waals surface area contributed by atoms with E-state index in [-0.39, 0.29) is 5.91 Å². The maximum absolute atomic E-state index is 12.6. The van der Waals surface area contributed by atoms with Crippen molar-refractivity contribution >= 4 is 29.1 Å². The Hall–Kier alpha value is -1.55. The number of carbonyl (C=O) groups excluding carboxylic acids is 1. The summed E-state index contributed by atoms with van der Waals surface area (Å²) >= 11 is 12.2. The number of likely N-dealkylation sites (tertiary alicyclic amines) is 2. The van der Waals surface area contributed by atoms with E-state index in [0.717, 1.165) is 42.3 Å². The van der Waals surface area contributed by atoms with E-state index in [1.807, 2.05) is 47.4 Å². The summed E-state index contributed by atoms with van der Waals surface area (Å²) < 4.78 is 0. The second-order valence-electron chi connectivity index (χ2n) is 6.95. The van der Waals surface area contributed by atoms with Gasteiger partial charge < -0.3 is 4.90 Å². The number of carbonyl (C=O) groups is 1. The van der Waals surface area contributed by atoms with Crippen molar-refractivity contribution in [2.45, 2.75) is 19.0 Å². The van der Waals surface area contributed by atoms with Gasteiger partial charge in [-0.1, -0.05) is 53.5 Å². The smallest absolute Gasteiger partial charge is 0.227 e. The summed E-state index contributed by atoms with van der Waals surface area (Å²) in [5.41, 5.74) is 2.18. The molecule has 0 spiro atoms. The van der Waals surface area contributed by atoms with Crippen LogP contribution in [0.2, 0.25) is 10.0 Å². The van der Waals surface area contributed by atoms with E-state index in [2.05, 4.69) is 11.0 Å². The molecule has 2 atom stereocenters. The molecule has 1 amide bonds. The number of nitrogens with zero attached hydrogens (tertiary/aromatic N) is 2. The number of rotatable bonds is 4. The van der Waals surface area contributed by atoms with Crippen molar-refractivity contribution in [3.05, 3.63) is 69.7 Å². The van der Waals surface area contributed by atoms with Crippen LogP contribution in [0.25, 0.3) is 0 Å². The van der Waals surface area contributed by atoms with Gasteiger partial charge in [0.15, 0.2) is 0 Å². The Kier molecular flexibility index (Phi) is 4.72. The van der Waals surface area contributed by atoms with E-state index in [1.165, 1.54) is 0 Å². The standard InChI is InChI=1S/C20H20Cl2N2O/c21-17-7-5-14(6-8-17)9-20(25)24-12-16-11-23(19(16)13-24)10-15-3-1-2-4-18(15)22/h1-8,16,19H,9-13H2/t16-,19-/m0/s1. The Bertz CT molecular complexity index is 778. The minimum Gasteiger partial charge on any atom is -0.340 e. The van der Waals surface area contributed by atoms with E-state index in [4.69, 9.17) is 23.2 Å². The second kappa shape index (κ2) is 6.99. The van der Waals surface area contributed by atoms with Crippen molar-refractivity contribution in [1.82, 2.24) is 9.80 Å². The molecule has 2 aromatic carbocycles. The lowest BCUT2D eigenvalue weighted by molar-refractivity contribution is -0.129. The molecule has 0 aliphatic carbocycles. The molecule has 2 fully saturated rings. The normalized spacial score (nSPS) is 22.6. The molecule has 0 radical (unpaired) electrons. The van der Waals surface area contributed by atoms with Crippen molar-refractivity contribution < 1.29 is 4.79 Å². The fourth-order valence-corrected chi connectivity index (χ4v) is 4.19. The molecule has 4 rings (SSSR count). The number of amides is 1. The maximum atomic E-state index is 12.6. The predicted molar refractivity (Wildman–Crippen MR) is 101 cm³/mol. The molecule has 0 bridgehead atoms. The van der Waals surface area contributed by atoms with Gasteiger partial charge in [-0.15, -0.1) is 0 Å². The molecule has 2 aliphatic rings. The highest BCUT2D eigenvalue weighted by Gasteiger charge is 2.46. The van der Waals surface area contributed by atoms with Crippen molar-refractivity contribution in [2.75, 3.05) is 19.6 Å². The Labute approximate surface area is 158 Å². The van der Waals surface area contributed by atoms with Crippen molar-refractivity contribution in [2.24, 2.45) is 5.92 Å². The zero-order valence-corrected chi connectivity index (χ0v) is 15.4. The lowest BCUT2D eigenvalue weighted by atomic mass is 9.91. The lowest BCUT2D eigenvalue weighted by Gasteiger charge is -2.43. The average molecular weight is 375 g/mol. The number of halogens is 2. The first-order valence-electron chi connectivity index (χ1n) is 8.60. The molecule has 25 heavy (non-hydrogen) atoms. The fourth-order valence-electron chi connectivity index (χ4n) is 3.87. The van der Waals surface area contributed by atoms with Gasteiger partial charge in [0.2, 0.25) is 5.91 Å². The van der Waals surface area contributed by atoms with Gasteiger partial charge in [-0.05, 0) is 29.3 Å². The summed E-state index contributed by atoms with van der Waals surface area (Å²) in [6.07, 6.45) is 0.446. The van der Waals surface area contributed by atoms with Crippen LogP contribution in [0.3, 0.4) is 0 Å². The third kappa shape index (κ3) is 3.55. The van der Waals surface area contributed by atoms with Crippen molar-refractivity contribution in [3.63, 3.8) is 0 Å². The molecular weight excluding hydrogens is 355 g/mol. The summed E-state index contributed by atoms with van der Waals surface area (Å²) in [6, 6.07) is 16.0. The highest BCUT2D eigenvalue weighted by molar-refractivity contribution is 6.31. The molecule has 130 valence electrons. The number of hydrogen-bond acceptors (Lipinski definition) is 2. The Balaban J connectivity index is 1.34. The van der Waals surface area contributed by atoms with Crippen LogP contribution in [0.4, 0.5) is 0 Å². The third-order valence-corrected chi connectivity index (χ3v) is 5.92. The van der Waals surface area contributed by atoms with Crippen LogP contribution in [0, 0.1) is 5.92 Å². The zero-order chi connectivity index (χ0) is 17.4. The van der Waals surface area contributed by atoms with Crippen LogP contribution in [0.1, 0.15) is 11.1 Å². The van der Waals surface area contributed by atoms with Gasteiger partial charge in [0.1, 0.15) is 0 Å². The van der Waals surface area contributed by atoms with Gasteiger partial charge in [-0.25, -0.2) is 0 Å². The largest absolute Gasteiger partial charge is 0.340 e. The van der Waals surface area contributed by atoms with Crippen molar-refractivity contribution in [1.29, 1.82) is 0 Å². The molecule has 2 saturated heterocycles. The summed E-state index contributed by atoms with van der Waals surface area (Å²) in [4.78, 5) is 17.0. The van der Waals surface area contributed by atoms with Gasteiger partial charge in [0.05, 0.1) is 6.42 Å². The minimum absolute atomic E-state index is 0.203. The van der Waals surface area contributed by atoms with Gasteiger partial charge in [0, 0.05) is 48.2 Å². The van der Waals surface area contributed by atoms with Gasteiger partial charge in [-0.2, -0.15) is 0 Å². The van der Waals surface area contributed by atoms with Gasteiger partial charge in [0.25, 0.3) is 0 Å². The molecule has 0 N–H and O–H groups in total. The monoisotopic (exact) mass is 374 g/mol. The summed E-state index contributed by atoms with van der Waals surface area (Å²) in [7, 11) is 0. The van der Waals surface area contributed by atoms with Crippen LogP contribution in [-0.4, -0.2) is 41.4 Å². The van der Waals surface area contributed by atoms with Crippen molar-refractivity contribution in [3.8, 4) is 0 Å². The quantitative estimate of drug-likeness (QED) is 0.810. The molecule has 0 unspecified atom stereocenters. The summed E-state index contributed by atoms with van der Waals surface area (Å²) in [5.74, 6) is 0.797. The van der Waals surface area contributed by atoms with E-state index < -0.39 is 0 Å². The number of benzene rings is 2. The minimum atomic E-state index is 0.203. The van der Waals surface area contributed by atoms with Gasteiger partial charge >= 0.3 is 0 Å². The zero-order valence-electron chi connectivity index (χ0n) is 13.9. The first kappa shape index (κ1) is 16.9. The van der Waals surface area contributed by atoms with E-state index in [1.54, 1.807) is 0 Å². The molecule has 2 aromatic rings. The van der Waals surface area contributed by atoms with Crippen LogP contribution in [0.5, 0.6) is 0 Å². The van der Waals surface area contributed by atoms with Crippen LogP contribution in [-0.2, 0) is 17.8 Å². The SMILES string of the molecule is O=C(Cc1ccc(Cl)cc1)N1C[C@@H]2CN(Cc3ccccc3Cl)[C@H]2C1. The lowest BCUT2D eigenvalue weighted by Crippen LogP contribution is -2.54. The van der Waals surface area contributed by atoms with E-state index >= 15 is 0 Å². The van der Waals surface area contributed by atoms with Crippen LogP contribution < -0.4 is 0 Å². The highest BCUT2D eigenvalue weighted by atomic mass is 35.5. The highest BCUT2D eigenvalue weighted by Crippen LogP contribution is 2.34. The number of fused-ring (bicyclic) bond motifs is 1.